The maximum atomic E-state index is 13.1. The zero-order valence-electron chi connectivity index (χ0n) is 12.0. The van der Waals surface area contributed by atoms with Gasteiger partial charge in [0.25, 0.3) is 0 Å². The van der Waals surface area contributed by atoms with Crippen molar-refractivity contribution >= 4 is 5.91 Å². The first-order valence-electron chi connectivity index (χ1n) is 7.54. The SMILES string of the molecule is NCC1(C(=O)NC2CCCCC2C(F)(F)F)CCOCC1. The minimum Gasteiger partial charge on any atom is -0.381 e. The average Bonchev–Trinajstić information content (AvgIpc) is 2.47. The van der Waals surface area contributed by atoms with E-state index in [1.54, 1.807) is 0 Å². The van der Waals surface area contributed by atoms with E-state index in [2.05, 4.69) is 5.32 Å². The second-order valence-corrected chi connectivity index (χ2v) is 6.11. The number of nitrogens with one attached hydrogen (secondary N) is 1. The average molecular weight is 308 g/mol. The fourth-order valence-corrected chi connectivity index (χ4v) is 3.30. The second-order valence-electron chi connectivity index (χ2n) is 6.11. The van der Waals surface area contributed by atoms with Gasteiger partial charge >= 0.3 is 6.18 Å². The number of ether oxygens (including phenoxy) is 1. The summed E-state index contributed by atoms with van der Waals surface area (Å²) in [5.41, 5.74) is 4.95. The third kappa shape index (κ3) is 3.69. The van der Waals surface area contributed by atoms with Gasteiger partial charge in [-0.1, -0.05) is 12.8 Å². The molecule has 0 aromatic rings. The molecule has 4 nitrogen and oxygen atoms in total. The van der Waals surface area contributed by atoms with Crippen molar-refractivity contribution in [1.29, 1.82) is 0 Å². The Balaban J connectivity index is 2.05. The highest BCUT2D eigenvalue weighted by atomic mass is 19.4. The van der Waals surface area contributed by atoms with E-state index >= 15 is 0 Å². The van der Waals surface area contributed by atoms with Crippen LogP contribution in [0.15, 0.2) is 0 Å². The van der Waals surface area contributed by atoms with Crippen LogP contribution in [0.4, 0.5) is 13.2 Å². The van der Waals surface area contributed by atoms with Crippen LogP contribution in [-0.2, 0) is 9.53 Å². The summed E-state index contributed by atoms with van der Waals surface area (Å²) in [7, 11) is 0. The van der Waals surface area contributed by atoms with Crippen LogP contribution >= 0.6 is 0 Å². The molecule has 0 radical (unpaired) electrons. The summed E-state index contributed by atoms with van der Waals surface area (Å²) in [5, 5.41) is 2.64. The van der Waals surface area contributed by atoms with Gasteiger partial charge in [0.1, 0.15) is 0 Å². The van der Waals surface area contributed by atoms with Gasteiger partial charge in [0.15, 0.2) is 0 Å². The van der Waals surface area contributed by atoms with Gasteiger partial charge in [0.05, 0.1) is 11.3 Å². The molecule has 2 rings (SSSR count). The number of carbonyl (C=O) groups is 1. The normalized spacial score (nSPS) is 29.9. The number of hydrogen-bond acceptors (Lipinski definition) is 3. The molecule has 1 heterocycles. The predicted molar refractivity (Wildman–Crippen MR) is 71.5 cm³/mol. The van der Waals surface area contributed by atoms with Crippen molar-refractivity contribution in [3.05, 3.63) is 0 Å². The van der Waals surface area contributed by atoms with Crippen molar-refractivity contribution in [2.24, 2.45) is 17.1 Å². The Morgan fingerprint density at radius 1 is 1.24 bits per heavy atom. The lowest BCUT2D eigenvalue weighted by molar-refractivity contribution is -0.190. The third-order valence-corrected chi connectivity index (χ3v) is 4.83. The minimum absolute atomic E-state index is 0.0905. The molecule has 2 atom stereocenters. The molecular formula is C14H23F3N2O2. The molecule has 2 unspecified atom stereocenters. The molecule has 7 heteroatoms. The third-order valence-electron chi connectivity index (χ3n) is 4.83. The number of nitrogens with two attached hydrogens (primary N) is 1. The van der Waals surface area contributed by atoms with E-state index in [1.807, 2.05) is 0 Å². The Bertz CT molecular complexity index is 368. The van der Waals surface area contributed by atoms with Crippen LogP contribution in [0.2, 0.25) is 0 Å². The monoisotopic (exact) mass is 308 g/mol. The summed E-state index contributed by atoms with van der Waals surface area (Å²) in [5.74, 6) is -1.78. The molecule has 2 fully saturated rings. The van der Waals surface area contributed by atoms with Crippen molar-refractivity contribution in [2.45, 2.75) is 50.7 Å². The van der Waals surface area contributed by atoms with E-state index in [0.717, 1.165) is 6.42 Å². The maximum Gasteiger partial charge on any atom is 0.393 e. The first kappa shape index (κ1) is 16.5. The lowest BCUT2D eigenvalue weighted by Crippen LogP contribution is -2.55. The quantitative estimate of drug-likeness (QED) is 0.838. The van der Waals surface area contributed by atoms with E-state index in [9.17, 15) is 18.0 Å². The topological polar surface area (TPSA) is 64.4 Å². The van der Waals surface area contributed by atoms with Crippen molar-refractivity contribution in [1.82, 2.24) is 5.32 Å². The van der Waals surface area contributed by atoms with E-state index < -0.39 is 23.6 Å². The van der Waals surface area contributed by atoms with Crippen LogP contribution in [0.3, 0.4) is 0 Å². The molecule has 1 aliphatic heterocycles. The Morgan fingerprint density at radius 2 is 1.86 bits per heavy atom. The highest BCUT2D eigenvalue weighted by Crippen LogP contribution is 2.38. The first-order valence-corrected chi connectivity index (χ1v) is 7.54. The molecule has 0 spiro atoms. The van der Waals surface area contributed by atoms with Crippen molar-refractivity contribution in [2.75, 3.05) is 19.8 Å². The number of rotatable bonds is 3. The molecule has 1 aliphatic carbocycles. The van der Waals surface area contributed by atoms with Crippen LogP contribution in [0.1, 0.15) is 38.5 Å². The molecule has 21 heavy (non-hydrogen) atoms. The molecule has 1 saturated heterocycles. The van der Waals surface area contributed by atoms with Gasteiger partial charge in [0, 0.05) is 25.8 Å². The zero-order chi connectivity index (χ0) is 15.5. The summed E-state index contributed by atoms with van der Waals surface area (Å²) < 4.78 is 44.4. The van der Waals surface area contributed by atoms with Gasteiger partial charge in [-0.15, -0.1) is 0 Å². The van der Waals surface area contributed by atoms with Gasteiger partial charge in [-0.2, -0.15) is 13.2 Å². The summed E-state index contributed by atoms with van der Waals surface area (Å²) in [6.07, 6.45) is -1.57. The van der Waals surface area contributed by atoms with Gasteiger partial charge in [-0.25, -0.2) is 0 Å². The maximum absolute atomic E-state index is 13.1. The Hall–Kier alpha value is -0.820. The van der Waals surface area contributed by atoms with Gasteiger partial charge in [-0.05, 0) is 25.7 Å². The molecule has 0 aromatic heterocycles. The number of halogens is 3. The minimum atomic E-state index is -4.26. The largest absolute Gasteiger partial charge is 0.393 e. The molecule has 122 valence electrons. The molecule has 0 bridgehead atoms. The summed E-state index contributed by atoms with van der Waals surface area (Å²) in [4.78, 5) is 12.5. The number of alkyl halides is 3. The van der Waals surface area contributed by atoms with E-state index in [-0.39, 0.29) is 18.9 Å². The number of carbonyl (C=O) groups excluding carboxylic acids is 1. The molecule has 1 amide bonds. The molecule has 3 N–H and O–H groups in total. The molecule has 1 saturated carbocycles. The van der Waals surface area contributed by atoms with E-state index in [4.69, 9.17) is 10.5 Å². The number of hydrogen-bond donors (Lipinski definition) is 2. The molecular weight excluding hydrogens is 285 g/mol. The fourth-order valence-electron chi connectivity index (χ4n) is 3.30. The summed E-state index contributed by atoms with van der Waals surface area (Å²) in [6, 6.07) is -0.822. The second kappa shape index (κ2) is 6.52. The van der Waals surface area contributed by atoms with Gasteiger partial charge < -0.3 is 15.8 Å². The van der Waals surface area contributed by atoms with Crippen LogP contribution < -0.4 is 11.1 Å². The Morgan fingerprint density at radius 3 is 2.43 bits per heavy atom. The lowest BCUT2D eigenvalue weighted by atomic mass is 9.77. The zero-order valence-corrected chi connectivity index (χ0v) is 12.0. The Kier molecular flexibility index (Phi) is 5.14. The van der Waals surface area contributed by atoms with Crippen molar-refractivity contribution in [3.8, 4) is 0 Å². The highest BCUT2D eigenvalue weighted by Gasteiger charge is 2.48. The summed E-state index contributed by atoms with van der Waals surface area (Å²) >= 11 is 0. The van der Waals surface area contributed by atoms with Crippen LogP contribution in [0.5, 0.6) is 0 Å². The Labute approximate surface area is 122 Å². The van der Waals surface area contributed by atoms with Crippen molar-refractivity contribution in [3.63, 3.8) is 0 Å². The van der Waals surface area contributed by atoms with Gasteiger partial charge in [0.2, 0.25) is 5.91 Å². The lowest BCUT2D eigenvalue weighted by Gasteiger charge is -2.39. The first-order chi connectivity index (χ1) is 9.89. The van der Waals surface area contributed by atoms with Crippen LogP contribution in [0, 0.1) is 11.3 Å². The highest BCUT2D eigenvalue weighted by molar-refractivity contribution is 5.83. The van der Waals surface area contributed by atoms with Gasteiger partial charge in [-0.3, -0.25) is 4.79 Å². The van der Waals surface area contributed by atoms with E-state index in [0.29, 0.717) is 38.9 Å². The summed E-state index contributed by atoms with van der Waals surface area (Å²) in [6.45, 7) is 1.00. The molecule has 0 aromatic carbocycles. The smallest absolute Gasteiger partial charge is 0.381 e. The fraction of sp³-hybridized carbons (Fsp3) is 0.929. The molecule has 2 aliphatic rings. The standard InChI is InChI=1S/C14H23F3N2O2/c15-14(16,17)10-3-1-2-4-11(10)19-12(20)13(9-18)5-7-21-8-6-13/h10-11H,1-9,18H2,(H,19,20). The number of amides is 1. The van der Waals surface area contributed by atoms with Crippen LogP contribution in [-0.4, -0.2) is 37.9 Å². The predicted octanol–water partition coefficient (Wildman–Crippen LogP) is 1.98. The van der Waals surface area contributed by atoms with Crippen molar-refractivity contribution < 1.29 is 22.7 Å². The van der Waals surface area contributed by atoms with Crippen LogP contribution in [0.25, 0.3) is 0 Å². The van der Waals surface area contributed by atoms with E-state index in [1.165, 1.54) is 0 Å².